The van der Waals surface area contributed by atoms with Crippen molar-refractivity contribution < 1.29 is 40.6 Å². The first kappa shape index (κ1) is 29.2. The average Bonchev–Trinajstić information content (AvgIpc) is 2.92. The van der Waals surface area contributed by atoms with Crippen molar-refractivity contribution in [3.05, 3.63) is 89.2 Å². The van der Waals surface area contributed by atoms with Gasteiger partial charge in [0.1, 0.15) is 11.5 Å². The highest BCUT2D eigenvalue weighted by atomic mass is 19.4. The number of anilines is 2. The van der Waals surface area contributed by atoms with Gasteiger partial charge < -0.3 is 19.8 Å². The Hall–Kier alpha value is -4.29. The Morgan fingerprint density at radius 2 is 1.50 bits per heavy atom. The molecule has 2 aliphatic heterocycles. The van der Waals surface area contributed by atoms with Gasteiger partial charge in [-0.05, 0) is 49.4 Å². The summed E-state index contributed by atoms with van der Waals surface area (Å²) < 4.78 is 96.0. The van der Waals surface area contributed by atoms with Crippen LogP contribution in [0.3, 0.4) is 0 Å². The number of rotatable bonds is 4. The smallest absolute Gasteiger partial charge is 0.416 e. The fourth-order valence-corrected chi connectivity index (χ4v) is 5.42. The first-order chi connectivity index (χ1) is 19.7. The number of hydrogen-bond donors (Lipinski definition) is 1. The van der Waals surface area contributed by atoms with Crippen LogP contribution in [0.1, 0.15) is 36.1 Å². The molecule has 0 spiro atoms. The highest BCUT2D eigenvalue weighted by Gasteiger charge is 2.40. The lowest BCUT2D eigenvalue weighted by molar-refractivity contribution is -0.138. The lowest BCUT2D eigenvalue weighted by Gasteiger charge is -2.48. The van der Waals surface area contributed by atoms with Crippen LogP contribution in [-0.2, 0) is 17.1 Å². The summed E-state index contributed by atoms with van der Waals surface area (Å²) in [5.41, 5.74) is -1.32. The number of benzene rings is 3. The van der Waals surface area contributed by atoms with Gasteiger partial charge in [0.05, 0.1) is 23.6 Å². The number of piperazine rings is 1. The van der Waals surface area contributed by atoms with E-state index in [1.807, 2.05) is 0 Å². The molecule has 0 aliphatic carbocycles. The SMILES string of the molecule is CC1CN(c2cccc(C(F)(F)F)c2)CCN1C1=Nc2c(F)cccc2C(CC(=O)O)N1c1cccc(C(F)(F)F)c1. The number of nitrogens with zero attached hydrogens (tertiary/aromatic N) is 4. The van der Waals surface area contributed by atoms with E-state index >= 15 is 4.39 Å². The summed E-state index contributed by atoms with van der Waals surface area (Å²) >= 11 is 0. The molecule has 0 saturated carbocycles. The zero-order valence-electron chi connectivity index (χ0n) is 22.1. The molecule has 6 nitrogen and oxygen atoms in total. The molecule has 1 fully saturated rings. The van der Waals surface area contributed by atoms with Crippen molar-refractivity contribution in [3.8, 4) is 0 Å². The Bertz CT molecular complexity index is 1520. The Labute approximate surface area is 236 Å². The molecule has 1 saturated heterocycles. The van der Waals surface area contributed by atoms with Crippen LogP contribution < -0.4 is 9.80 Å². The molecule has 0 radical (unpaired) electrons. The van der Waals surface area contributed by atoms with Crippen LogP contribution >= 0.6 is 0 Å². The van der Waals surface area contributed by atoms with Crippen molar-refractivity contribution in [1.82, 2.24) is 4.90 Å². The maximum atomic E-state index is 15.0. The number of aliphatic carboxylic acids is 1. The third-order valence-corrected chi connectivity index (χ3v) is 7.36. The minimum absolute atomic E-state index is 0.0113. The standard InChI is InChI=1S/C29H25F7N4O2/c1-17-16-38(20-7-2-5-18(13-20)28(31,32)33)11-12-39(17)27-37-26-22(9-4-10-23(26)30)24(15-25(41)42)40(27)21-8-3-6-19(14-21)29(34,35)36/h2-10,13-14,17,24H,11-12,15-16H2,1H3,(H,41,42). The molecule has 1 N–H and O–H groups in total. The number of para-hydroxylation sites is 1. The molecule has 2 heterocycles. The summed E-state index contributed by atoms with van der Waals surface area (Å²) in [5, 5.41) is 9.76. The van der Waals surface area contributed by atoms with E-state index in [1.165, 1.54) is 35.2 Å². The largest absolute Gasteiger partial charge is 0.481 e. The number of fused-ring (bicyclic) bond motifs is 1. The van der Waals surface area contributed by atoms with Crippen LogP contribution in [0.5, 0.6) is 0 Å². The van der Waals surface area contributed by atoms with E-state index in [4.69, 9.17) is 0 Å². The second-order valence-corrected chi connectivity index (χ2v) is 10.2. The molecule has 42 heavy (non-hydrogen) atoms. The van der Waals surface area contributed by atoms with Crippen molar-refractivity contribution in [2.45, 2.75) is 37.8 Å². The first-order valence-electron chi connectivity index (χ1n) is 13.0. The summed E-state index contributed by atoms with van der Waals surface area (Å²) in [5.74, 6) is -1.93. The number of guanidine groups is 1. The van der Waals surface area contributed by atoms with Gasteiger partial charge in [0.15, 0.2) is 0 Å². The number of aliphatic imine (C=N–C) groups is 1. The zero-order valence-corrected chi connectivity index (χ0v) is 22.1. The lowest BCUT2D eigenvalue weighted by atomic mass is 9.96. The van der Waals surface area contributed by atoms with E-state index in [1.54, 1.807) is 22.8 Å². The topological polar surface area (TPSA) is 59.4 Å². The Morgan fingerprint density at radius 1 is 0.905 bits per heavy atom. The summed E-state index contributed by atoms with van der Waals surface area (Å²) in [6, 6.07) is 11.7. The predicted octanol–water partition coefficient (Wildman–Crippen LogP) is 7.10. The Kier molecular flexibility index (Phi) is 7.54. The maximum absolute atomic E-state index is 15.0. The third kappa shape index (κ3) is 5.72. The molecular weight excluding hydrogens is 569 g/mol. The zero-order chi connectivity index (χ0) is 30.4. The predicted molar refractivity (Wildman–Crippen MR) is 142 cm³/mol. The van der Waals surface area contributed by atoms with Gasteiger partial charge in [-0.1, -0.05) is 24.3 Å². The molecule has 2 unspecified atom stereocenters. The van der Waals surface area contributed by atoms with E-state index in [9.17, 15) is 36.2 Å². The van der Waals surface area contributed by atoms with E-state index in [-0.39, 0.29) is 42.5 Å². The minimum atomic E-state index is -4.68. The van der Waals surface area contributed by atoms with Gasteiger partial charge in [-0.2, -0.15) is 26.3 Å². The number of hydrogen-bond acceptors (Lipinski definition) is 5. The molecule has 3 aromatic carbocycles. The van der Waals surface area contributed by atoms with E-state index < -0.39 is 53.8 Å². The summed E-state index contributed by atoms with van der Waals surface area (Å²) in [6.45, 7) is 2.35. The van der Waals surface area contributed by atoms with E-state index in [0.29, 0.717) is 5.69 Å². The number of carboxylic acid groups (broad SMARTS) is 1. The third-order valence-electron chi connectivity index (χ3n) is 7.36. The molecule has 2 atom stereocenters. The quantitative estimate of drug-likeness (QED) is 0.327. The van der Waals surface area contributed by atoms with Crippen molar-refractivity contribution in [2.24, 2.45) is 4.99 Å². The number of carbonyl (C=O) groups is 1. The molecule has 2 aliphatic rings. The van der Waals surface area contributed by atoms with Crippen molar-refractivity contribution in [3.63, 3.8) is 0 Å². The van der Waals surface area contributed by atoms with Crippen LogP contribution in [0.2, 0.25) is 0 Å². The van der Waals surface area contributed by atoms with Crippen molar-refractivity contribution in [2.75, 3.05) is 29.4 Å². The molecule has 5 rings (SSSR count). The molecule has 3 aromatic rings. The van der Waals surface area contributed by atoms with Crippen LogP contribution in [-0.4, -0.2) is 47.6 Å². The Morgan fingerprint density at radius 3 is 2.10 bits per heavy atom. The number of carboxylic acids is 1. The van der Waals surface area contributed by atoms with Gasteiger partial charge in [-0.25, -0.2) is 9.38 Å². The number of halogens is 7. The normalized spacial score (nSPS) is 19.4. The summed E-state index contributed by atoms with van der Waals surface area (Å²) in [4.78, 5) is 21.3. The van der Waals surface area contributed by atoms with Crippen molar-refractivity contribution in [1.29, 1.82) is 0 Å². The highest BCUT2D eigenvalue weighted by Crippen LogP contribution is 2.43. The molecule has 222 valence electrons. The van der Waals surface area contributed by atoms with E-state index in [2.05, 4.69) is 4.99 Å². The molecule has 13 heteroatoms. The molecule has 0 amide bonds. The molecule has 0 bridgehead atoms. The fraction of sp³-hybridized carbons (Fsp3) is 0.310. The lowest BCUT2D eigenvalue weighted by Crippen LogP contribution is -2.59. The Balaban J connectivity index is 1.57. The van der Waals surface area contributed by atoms with Gasteiger partial charge >= 0.3 is 18.3 Å². The van der Waals surface area contributed by atoms with Crippen LogP contribution in [0.25, 0.3) is 0 Å². The summed E-state index contributed by atoms with van der Waals surface area (Å²) in [6.07, 6.45) is -9.77. The monoisotopic (exact) mass is 594 g/mol. The minimum Gasteiger partial charge on any atom is -0.481 e. The van der Waals surface area contributed by atoms with E-state index in [0.717, 1.165) is 30.3 Å². The average molecular weight is 595 g/mol. The molecule has 0 aromatic heterocycles. The second-order valence-electron chi connectivity index (χ2n) is 10.2. The van der Waals surface area contributed by atoms with Crippen LogP contribution in [0.15, 0.2) is 71.7 Å². The highest BCUT2D eigenvalue weighted by molar-refractivity contribution is 6.01. The fourth-order valence-electron chi connectivity index (χ4n) is 5.42. The van der Waals surface area contributed by atoms with Crippen molar-refractivity contribution >= 4 is 29.0 Å². The van der Waals surface area contributed by atoms with Crippen LogP contribution in [0.4, 0.5) is 47.8 Å². The van der Waals surface area contributed by atoms with Gasteiger partial charge in [0.2, 0.25) is 5.96 Å². The van der Waals surface area contributed by atoms with Gasteiger partial charge in [-0.15, -0.1) is 0 Å². The first-order valence-corrected chi connectivity index (χ1v) is 13.0. The van der Waals surface area contributed by atoms with Gasteiger partial charge in [-0.3, -0.25) is 4.79 Å². The van der Waals surface area contributed by atoms with Gasteiger partial charge in [0, 0.05) is 42.6 Å². The van der Waals surface area contributed by atoms with Crippen LogP contribution in [0, 0.1) is 5.82 Å². The number of alkyl halides is 6. The summed E-state index contributed by atoms with van der Waals surface area (Å²) in [7, 11) is 0. The maximum Gasteiger partial charge on any atom is 0.416 e. The molecular formula is C29H25F7N4O2. The second kappa shape index (κ2) is 10.8. The van der Waals surface area contributed by atoms with Gasteiger partial charge in [0.25, 0.3) is 0 Å².